The van der Waals surface area contributed by atoms with Gasteiger partial charge in [-0.15, -0.1) is 0 Å². The first-order valence-corrected chi connectivity index (χ1v) is 12.6. The molecule has 3 aromatic rings. The number of hydrogen-bond donors (Lipinski definition) is 4. The van der Waals surface area contributed by atoms with Gasteiger partial charge in [-0.05, 0) is 84.6 Å². The van der Waals surface area contributed by atoms with Gasteiger partial charge in [0.25, 0.3) is 11.8 Å². The molecule has 0 bridgehead atoms. The smallest absolute Gasteiger partial charge is 0.255 e. The van der Waals surface area contributed by atoms with Crippen LogP contribution in [-0.4, -0.2) is 23.6 Å². The van der Waals surface area contributed by atoms with E-state index in [0.717, 1.165) is 0 Å². The highest BCUT2D eigenvalue weighted by Gasteiger charge is 2.11. The molecule has 0 aliphatic rings. The molecular formula is C30H34N4O4. The lowest BCUT2D eigenvalue weighted by atomic mass is 10.1. The maximum atomic E-state index is 12.6. The minimum absolute atomic E-state index is 0.0523. The molecule has 0 saturated heterocycles. The van der Waals surface area contributed by atoms with Gasteiger partial charge in [0.2, 0.25) is 11.8 Å². The van der Waals surface area contributed by atoms with Crippen LogP contribution in [-0.2, 0) is 9.59 Å². The SMILES string of the molecule is CC(C)CC(=O)Nc1ccc(NC(=O)c2ccc(C(=O)Nc3ccc(NC(=O)CC(C)C)cc3)cc2)cc1. The van der Waals surface area contributed by atoms with Crippen LogP contribution >= 0.6 is 0 Å². The zero-order valence-electron chi connectivity index (χ0n) is 22.1. The van der Waals surface area contributed by atoms with Gasteiger partial charge in [-0.3, -0.25) is 19.2 Å². The number of hydrogen-bond acceptors (Lipinski definition) is 4. The van der Waals surface area contributed by atoms with Crippen LogP contribution in [0.4, 0.5) is 22.7 Å². The van der Waals surface area contributed by atoms with Crippen molar-refractivity contribution in [3.63, 3.8) is 0 Å². The van der Waals surface area contributed by atoms with Crippen LogP contribution in [0.5, 0.6) is 0 Å². The lowest BCUT2D eigenvalue weighted by molar-refractivity contribution is -0.117. The Kier molecular flexibility index (Phi) is 9.76. The summed E-state index contributed by atoms with van der Waals surface area (Å²) in [6.45, 7) is 7.92. The highest BCUT2D eigenvalue weighted by molar-refractivity contribution is 6.07. The molecule has 198 valence electrons. The minimum Gasteiger partial charge on any atom is -0.326 e. The van der Waals surface area contributed by atoms with Gasteiger partial charge in [0, 0.05) is 46.7 Å². The Bertz CT molecular complexity index is 1160. The van der Waals surface area contributed by atoms with Gasteiger partial charge in [-0.25, -0.2) is 0 Å². The highest BCUT2D eigenvalue weighted by atomic mass is 16.2. The van der Waals surface area contributed by atoms with Crippen LogP contribution in [0.3, 0.4) is 0 Å². The summed E-state index contributed by atoms with van der Waals surface area (Å²) in [4.78, 5) is 49.1. The summed E-state index contributed by atoms with van der Waals surface area (Å²) in [5.41, 5.74) is 3.30. The fraction of sp³-hybridized carbons (Fsp3) is 0.267. The van der Waals surface area contributed by atoms with Crippen molar-refractivity contribution in [3.05, 3.63) is 83.9 Å². The lowest BCUT2D eigenvalue weighted by Crippen LogP contribution is -2.15. The normalized spacial score (nSPS) is 10.7. The number of amides is 4. The summed E-state index contributed by atoms with van der Waals surface area (Å²) in [5, 5.41) is 11.3. The molecule has 8 heteroatoms. The van der Waals surface area contributed by atoms with E-state index < -0.39 is 0 Å². The average Bonchev–Trinajstić information content (AvgIpc) is 2.85. The summed E-state index contributed by atoms with van der Waals surface area (Å²) in [6, 6.07) is 20.1. The second-order valence-electron chi connectivity index (χ2n) is 9.93. The zero-order valence-corrected chi connectivity index (χ0v) is 22.1. The predicted octanol–water partition coefficient (Wildman–Crippen LogP) is 6.16. The van der Waals surface area contributed by atoms with Crippen LogP contribution in [0.1, 0.15) is 61.3 Å². The predicted molar refractivity (Wildman–Crippen MR) is 151 cm³/mol. The molecule has 3 aromatic carbocycles. The van der Waals surface area contributed by atoms with Crippen LogP contribution < -0.4 is 21.3 Å². The van der Waals surface area contributed by atoms with Gasteiger partial charge in [-0.2, -0.15) is 0 Å². The van der Waals surface area contributed by atoms with Gasteiger partial charge in [0.05, 0.1) is 0 Å². The van der Waals surface area contributed by atoms with Crippen molar-refractivity contribution in [2.45, 2.75) is 40.5 Å². The molecule has 0 aromatic heterocycles. The molecule has 0 fully saturated rings. The van der Waals surface area contributed by atoms with Gasteiger partial charge in [0.1, 0.15) is 0 Å². The molecule has 0 radical (unpaired) electrons. The Balaban J connectivity index is 1.52. The minimum atomic E-state index is -0.316. The molecular weight excluding hydrogens is 480 g/mol. The molecule has 3 rings (SSSR count). The fourth-order valence-electron chi connectivity index (χ4n) is 3.62. The molecule has 8 nitrogen and oxygen atoms in total. The maximum absolute atomic E-state index is 12.6. The Labute approximate surface area is 223 Å². The number of benzene rings is 3. The first-order valence-electron chi connectivity index (χ1n) is 12.6. The van der Waals surface area contributed by atoms with E-state index >= 15 is 0 Å². The van der Waals surface area contributed by atoms with Crippen molar-refractivity contribution >= 4 is 46.4 Å². The Hall–Kier alpha value is -4.46. The van der Waals surface area contributed by atoms with E-state index in [2.05, 4.69) is 21.3 Å². The Morgan fingerprint density at radius 2 is 0.737 bits per heavy atom. The van der Waals surface area contributed by atoms with Crippen molar-refractivity contribution in [3.8, 4) is 0 Å². The van der Waals surface area contributed by atoms with Gasteiger partial charge in [0.15, 0.2) is 0 Å². The van der Waals surface area contributed by atoms with E-state index in [0.29, 0.717) is 46.7 Å². The van der Waals surface area contributed by atoms with E-state index in [1.165, 1.54) is 0 Å². The number of carbonyl (C=O) groups is 4. The van der Waals surface area contributed by atoms with Gasteiger partial charge in [-0.1, -0.05) is 27.7 Å². The zero-order chi connectivity index (χ0) is 27.7. The fourth-order valence-corrected chi connectivity index (χ4v) is 3.62. The van der Waals surface area contributed by atoms with E-state index in [4.69, 9.17) is 0 Å². The summed E-state index contributed by atoms with van der Waals surface area (Å²) in [6.07, 6.45) is 0.883. The van der Waals surface area contributed by atoms with Crippen LogP contribution in [0.25, 0.3) is 0 Å². The lowest BCUT2D eigenvalue weighted by Gasteiger charge is -2.10. The maximum Gasteiger partial charge on any atom is 0.255 e. The topological polar surface area (TPSA) is 116 Å². The van der Waals surface area contributed by atoms with Gasteiger partial charge >= 0.3 is 0 Å². The highest BCUT2D eigenvalue weighted by Crippen LogP contribution is 2.18. The van der Waals surface area contributed by atoms with Crippen molar-refractivity contribution in [1.29, 1.82) is 0 Å². The largest absolute Gasteiger partial charge is 0.326 e. The third kappa shape index (κ3) is 8.89. The summed E-state index contributed by atoms with van der Waals surface area (Å²) in [5.74, 6) is -0.195. The summed E-state index contributed by atoms with van der Waals surface area (Å²) >= 11 is 0. The number of carbonyl (C=O) groups excluding carboxylic acids is 4. The monoisotopic (exact) mass is 514 g/mol. The first-order chi connectivity index (χ1) is 18.1. The van der Waals surface area contributed by atoms with Crippen LogP contribution in [0, 0.1) is 11.8 Å². The number of anilines is 4. The second-order valence-corrected chi connectivity index (χ2v) is 9.93. The molecule has 0 spiro atoms. The van der Waals surface area contributed by atoms with E-state index in [-0.39, 0.29) is 35.5 Å². The standard InChI is InChI=1S/C30H34N4O4/c1-19(2)17-27(35)31-23-9-13-25(14-10-23)33-29(37)21-5-7-22(8-6-21)30(38)34-26-15-11-24(12-16-26)32-28(36)18-20(3)4/h5-16,19-20H,17-18H2,1-4H3,(H,31,35)(H,32,36)(H,33,37)(H,34,38). The Morgan fingerprint density at radius 1 is 0.474 bits per heavy atom. The molecule has 0 atom stereocenters. The molecule has 0 aliphatic carbocycles. The molecule has 0 unspecified atom stereocenters. The molecule has 0 heterocycles. The number of nitrogens with one attached hydrogen (secondary N) is 4. The van der Waals surface area contributed by atoms with Crippen LogP contribution in [0.2, 0.25) is 0 Å². The van der Waals surface area contributed by atoms with Crippen LogP contribution in [0.15, 0.2) is 72.8 Å². The molecule has 0 saturated carbocycles. The Morgan fingerprint density at radius 3 is 1.00 bits per heavy atom. The molecule has 38 heavy (non-hydrogen) atoms. The molecule has 0 aliphatic heterocycles. The summed E-state index contributed by atoms with van der Waals surface area (Å²) in [7, 11) is 0. The van der Waals surface area contributed by atoms with Gasteiger partial charge < -0.3 is 21.3 Å². The molecule has 4 amide bonds. The quantitative estimate of drug-likeness (QED) is 0.259. The second kappa shape index (κ2) is 13.2. The third-order valence-corrected chi connectivity index (χ3v) is 5.45. The molecule has 4 N–H and O–H groups in total. The van der Waals surface area contributed by atoms with Crippen molar-refractivity contribution < 1.29 is 19.2 Å². The van der Waals surface area contributed by atoms with E-state index in [1.54, 1.807) is 72.8 Å². The average molecular weight is 515 g/mol. The number of rotatable bonds is 10. The van der Waals surface area contributed by atoms with E-state index in [9.17, 15) is 19.2 Å². The van der Waals surface area contributed by atoms with Crippen molar-refractivity contribution in [2.75, 3.05) is 21.3 Å². The van der Waals surface area contributed by atoms with Crippen molar-refractivity contribution in [1.82, 2.24) is 0 Å². The van der Waals surface area contributed by atoms with Crippen molar-refractivity contribution in [2.24, 2.45) is 11.8 Å². The first kappa shape index (κ1) is 28.1. The third-order valence-electron chi connectivity index (χ3n) is 5.45. The summed E-state index contributed by atoms with van der Waals surface area (Å²) < 4.78 is 0. The van der Waals surface area contributed by atoms with E-state index in [1.807, 2.05) is 27.7 Å².